The number of aromatic amines is 1. The lowest BCUT2D eigenvalue weighted by molar-refractivity contribution is 0.222. The number of aromatic nitrogens is 2. The van der Waals surface area contributed by atoms with Crippen LogP contribution >= 0.6 is 0 Å². The first-order chi connectivity index (χ1) is 12.8. The number of likely N-dealkylation sites (tertiary alicyclic amines) is 1. The molecule has 0 atom stereocenters. The summed E-state index contributed by atoms with van der Waals surface area (Å²) in [6.07, 6.45) is 8.17. The van der Waals surface area contributed by atoms with E-state index in [1.54, 1.807) is 0 Å². The van der Waals surface area contributed by atoms with E-state index in [4.69, 9.17) is 0 Å². The van der Waals surface area contributed by atoms with Gasteiger partial charge in [0.2, 0.25) is 0 Å². The van der Waals surface area contributed by atoms with Crippen molar-refractivity contribution in [2.45, 2.75) is 25.7 Å². The number of halogens is 1. The fourth-order valence-corrected chi connectivity index (χ4v) is 3.99. The standard InChI is InChI=1S/C22H24FN3/c1-2-26-13-9-16(10-14-26)20-15-25-22(18-3-5-19(23)6-4-18)21(20)17-7-11-24-12-8-17/h3-8,11-12,15-16,25H,2,9-10,13-14H2,1H3. The van der Waals surface area contributed by atoms with Gasteiger partial charge in [0.05, 0.1) is 5.69 Å². The lowest BCUT2D eigenvalue weighted by Gasteiger charge is -2.31. The number of H-pyrrole nitrogens is 1. The number of benzene rings is 1. The third-order valence-electron chi connectivity index (χ3n) is 5.49. The van der Waals surface area contributed by atoms with Gasteiger partial charge in [0, 0.05) is 24.2 Å². The molecule has 4 rings (SSSR count). The monoisotopic (exact) mass is 349 g/mol. The third-order valence-corrected chi connectivity index (χ3v) is 5.49. The van der Waals surface area contributed by atoms with Gasteiger partial charge >= 0.3 is 0 Å². The Kier molecular flexibility index (Phi) is 4.85. The van der Waals surface area contributed by atoms with Crippen LogP contribution in [0.5, 0.6) is 0 Å². The fourth-order valence-electron chi connectivity index (χ4n) is 3.99. The van der Waals surface area contributed by atoms with Crippen molar-refractivity contribution in [3.05, 3.63) is 66.4 Å². The Labute approximate surface area is 153 Å². The molecule has 0 spiro atoms. The SMILES string of the molecule is CCN1CCC(c2c[nH]c(-c3ccc(F)cc3)c2-c2ccncc2)CC1. The van der Waals surface area contributed by atoms with Crippen molar-refractivity contribution >= 4 is 0 Å². The molecule has 1 aliphatic rings. The molecule has 0 amide bonds. The van der Waals surface area contributed by atoms with Gasteiger partial charge in [0.15, 0.2) is 0 Å². The summed E-state index contributed by atoms with van der Waals surface area (Å²) in [6.45, 7) is 5.64. The first-order valence-corrected chi connectivity index (χ1v) is 9.36. The fraction of sp³-hybridized carbons (Fsp3) is 0.318. The number of pyridine rings is 1. The molecule has 0 bridgehead atoms. The van der Waals surface area contributed by atoms with Crippen LogP contribution in [0.1, 0.15) is 31.2 Å². The van der Waals surface area contributed by atoms with Gasteiger partial charge in [-0.15, -0.1) is 0 Å². The lowest BCUT2D eigenvalue weighted by atomic mass is 9.85. The average molecular weight is 349 g/mol. The van der Waals surface area contributed by atoms with E-state index < -0.39 is 0 Å². The summed E-state index contributed by atoms with van der Waals surface area (Å²) < 4.78 is 13.4. The Bertz CT molecular complexity index is 847. The predicted molar refractivity (Wildman–Crippen MR) is 104 cm³/mol. The van der Waals surface area contributed by atoms with Crippen molar-refractivity contribution in [2.75, 3.05) is 19.6 Å². The minimum Gasteiger partial charge on any atom is -0.360 e. The van der Waals surface area contributed by atoms with Crippen LogP contribution < -0.4 is 0 Å². The highest BCUT2D eigenvalue weighted by atomic mass is 19.1. The van der Waals surface area contributed by atoms with E-state index in [9.17, 15) is 4.39 Å². The number of hydrogen-bond acceptors (Lipinski definition) is 2. The zero-order valence-corrected chi connectivity index (χ0v) is 15.1. The second-order valence-corrected chi connectivity index (χ2v) is 6.95. The smallest absolute Gasteiger partial charge is 0.123 e. The zero-order valence-electron chi connectivity index (χ0n) is 15.1. The summed E-state index contributed by atoms with van der Waals surface area (Å²) in [6, 6.07) is 10.8. The maximum absolute atomic E-state index is 13.4. The molecule has 26 heavy (non-hydrogen) atoms. The largest absolute Gasteiger partial charge is 0.360 e. The van der Waals surface area contributed by atoms with Crippen LogP contribution in [0, 0.1) is 5.82 Å². The first-order valence-electron chi connectivity index (χ1n) is 9.36. The molecule has 3 heterocycles. The summed E-state index contributed by atoms with van der Waals surface area (Å²) in [5.74, 6) is 0.337. The van der Waals surface area contributed by atoms with E-state index in [1.807, 2.05) is 24.5 Å². The maximum atomic E-state index is 13.4. The van der Waals surface area contributed by atoms with Crippen LogP contribution in [-0.4, -0.2) is 34.5 Å². The van der Waals surface area contributed by atoms with Gasteiger partial charge in [0.25, 0.3) is 0 Å². The highest BCUT2D eigenvalue weighted by Gasteiger charge is 2.25. The Hall–Kier alpha value is -2.46. The molecular formula is C22H24FN3. The van der Waals surface area contributed by atoms with Crippen molar-refractivity contribution in [3.8, 4) is 22.4 Å². The molecule has 0 saturated carbocycles. The van der Waals surface area contributed by atoms with Gasteiger partial charge < -0.3 is 9.88 Å². The summed E-state index contributed by atoms with van der Waals surface area (Å²) >= 11 is 0. The molecule has 3 aromatic rings. The highest BCUT2D eigenvalue weighted by Crippen LogP contribution is 2.41. The molecule has 1 aromatic carbocycles. The molecule has 4 heteroatoms. The van der Waals surface area contributed by atoms with Crippen LogP contribution in [0.25, 0.3) is 22.4 Å². The quantitative estimate of drug-likeness (QED) is 0.712. The van der Waals surface area contributed by atoms with Gasteiger partial charge in [-0.25, -0.2) is 4.39 Å². The predicted octanol–water partition coefficient (Wildman–Crippen LogP) is 5.08. The van der Waals surface area contributed by atoms with E-state index in [0.717, 1.165) is 36.5 Å². The second-order valence-electron chi connectivity index (χ2n) is 6.95. The Balaban J connectivity index is 1.76. The van der Waals surface area contributed by atoms with E-state index in [0.29, 0.717) is 5.92 Å². The third kappa shape index (κ3) is 3.29. The van der Waals surface area contributed by atoms with Gasteiger partial charge in [-0.1, -0.05) is 6.92 Å². The van der Waals surface area contributed by atoms with Crippen LogP contribution in [0.15, 0.2) is 55.0 Å². The van der Waals surface area contributed by atoms with Gasteiger partial charge in [0.1, 0.15) is 5.82 Å². The van der Waals surface area contributed by atoms with Crippen LogP contribution in [0.2, 0.25) is 0 Å². The zero-order chi connectivity index (χ0) is 17.9. The summed E-state index contributed by atoms with van der Waals surface area (Å²) in [4.78, 5) is 10.2. The molecule has 3 nitrogen and oxygen atoms in total. The second kappa shape index (κ2) is 7.42. The van der Waals surface area contributed by atoms with Gasteiger partial charge in [-0.05, 0) is 91.5 Å². The van der Waals surface area contributed by atoms with Gasteiger partial charge in [-0.3, -0.25) is 4.98 Å². The van der Waals surface area contributed by atoms with Crippen LogP contribution in [-0.2, 0) is 0 Å². The first kappa shape index (κ1) is 17.0. The maximum Gasteiger partial charge on any atom is 0.123 e. The summed E-state index contributed by atoms with van der Waals surface area (Å²) in [7, 11) is 0. The van der Waals surface area contributed by atoms with E-state index in [-0.39, 0.29) is 5.82 Å². The molecule has 2 aromatic heterocycles. The minimum absolute atomic E-state index is 0.210. The molecule has 0 radical (unpaired) electrons. The summed E-state index contributed by atoms with van der Waals surface area (Å²) in [5, 5.41) is 0. The molecule has 1 N–H and O–H groups in total. The molecule has 0 aliphatic carbocycles. The summed E-state index contributed by atoms with van der Waals surface area (Å²) in [5.41, 5.74) is 5.83. The molecule has 1 aliphatic heterocycles. The molecule has 1 saturated heterocycles. The van der Waals surface area contributed by atoms with Crippen LogP contribution in [0.4, 0.5) is 4.39 Å². The number of nitrogens with one attached hydrogen (secondary N) is 1. The molecule has 1 fully saturated rings. The highest BCUT2D eigenvalue weighted by molar-refractivity contribution is 5.84. The normalized spacial score (nSPS) is 16.1. The number of rotatable bonds is 4. The molecule has 0 unspecified atom stereocenters. The molecular weight excluding hydrogens is 325 g/mol. The minimum atomic E-state index is -0.210. The van der Waals surface area contributed by atoms with Gasteiger partial charge in [-0.2, -0.15) is 0 Å². The number of hydrogen-bond donors (Lipinski definition) is 1. The number of piperidine rings is 1. The van der Waals surface area contributed by atoms with E-state index >= 15 is 0 Å². The lowest BCUT2D eigenvalue weighted by Crippen LogP contribution is -2.32. The Morgan fingerprint density at radius 3 is 2.38 bits per heavy atom. The van der Waals surface area contributed by atoms with E-state index in [1.165, 1.54) is 36.1 Å². The topological polar surface area (TPSA) is 31.9 Å². The van der Waals surface area contributed by atoms with Crippen molar-refractivity contribution in [3.63, 3.8) is 0 Å². The van der Waals surface area contributed by atoms with Crippen molar-refractivity contribution in [1.82, 2.24) is 14.9 Å². The van der Waals surface area contributed by atoms with Crippen molar-refractivity contribution < 1.29 is 4.39 Å². The Morgan fingerprint density at radius 2 is 1.73 bits per heavy atom. The number of nitrogens with zero attached hydrogens (tertiary/aromatic N) is 2. The van der Waals surface area contributed by atoms with E-state index in [2.05, 4.69) is 40.1 Å². The Morgan fingerprint density at radius 1 is 1.04 bits per heavy atom. The van der Waals surface area contributed by atoms with Crippen LogP contribution in [0.3, 0.4) is 0 Å². The van der Waals surface area contributed by atoms with Crippen molar-refractivity contribution in [1.29, 1.82) is 0 Å². The van der Waals surface area contributed by atoms with Crippen molar-refractivity contribution in [2.24, 2.45) is 0 Å². The molecule has 134 valence electrons. The average Bonchev–Trinajstić information content (AvgIpc) is 3.14.